The molecule has 0 radical (unpaired) electrons. The van der Waals surface area contributed by atoms with Crippen molar-refractivity contribution in [1.82, 2.24) is 15.1 Å². The van der Waals surface area contributed by atoms with E-state index in [1.807, 2.05) is 27.0 Å². The fourth-order valence-corrected chi connectivity index (χ4v) is 1.87. The summed E-state index contributed by atoms with van der Waals surface area (Å²) in [5.41, 5.74) is 0.0431. The van der Waals surface area contributed by atoms with Gasteiger partial charge in [0.05, 0.1) is 12.8 Å². The first-order chi connectivity index (χ1) is 9.79. The van der Waals surface area contributed by atoms with Crippen LogP contribution in [0.5, 0.6) is 0 Å². The Morgan fingerprint density at radius 3 is 2.62 bits per heavy atom. The van der Waals surface area contributed by atoms with Gasteiger partial charge >= 0.3 is 5.97 Å². The van der Waals surface area contributed by atoms with Gasteiger partial charge < -0.3 is 10.1 Å². The summed E-state index contributed by atoms with van der Waals surface area (Å²) in [6, 6.07) is 0. The van der Waals surface area contributed by atoms with Crippen molar-refractivity contribution >= 4 is 11.9 Å². The highest BCUT2D eigenvalue weighted by Crippen LogP contribution is 2.18. The van der Waals surface area contributed by atoms with Crippen molar-refractivity contribution in [2.24, 2.45) is 5.92 Å². The third kappa shape index (κ3) is 4.58. The van der Waals surface area contributed by atoms with Gasteiger partial charge in [-0.15, -0.1) is 0 Å². The first-order valence-electron chi connectivity index (χ1n) is 7.27. The number of amides is 1. The van der Waals surface area contributed by atoms with E-state index >= 15 is 0 Å². The molecule has 1 unspecified atom stereocenters. The van der Waals surface area contributed by atoms with Crippen molar-refractivity contribution in [3.63, 3.8) is 0 Å². The maximum atomic E-state index is 12.1. The summed E-state index contributed by atoms with van der Waals surface area (Å²) in [6.07, 6.45) is 3.89. The molecule has 1 rings (SSSR count). The number of ether oxygens (including phenoxy) is 1. The molecule has 1 aromatic heterocycles. The van der Waals surface area contributed by atoms with Gasteiger partial charge in [0.2, 0.25) is 5.91 Å². The molecule has 0 fully saturated rings. The van der Waals surface area contributed by atoms with Crippen LogP contribution in [-0.2, 0) is 20.9 Å². The van der Waals surface area contributed by atoms with Gasteiger partial charge in [-0.25, -0.2) is 4.79 Å². The van der Waals surface area contributed by atoms with E-state index in [0.717, 1.165) is 5.56 Å². The van der Waals surface area contributed by atoms with E-state index in [9.17, 15) is 9.59 Å². The summed E-state index contributed by atoms with van der Waals surface area (Å²) in [5, 5.41) is 6.93. The highest BCUT2D eigenvalue weighted by atomic mass is 16.5. The molecule has 6 nitrogen and oxygen atoms in total. The molecule has 1 N–H and O–H groups in total. The second-order valence-electron chi connectivity index (χ2n) is 5.66. The highest BCUT2D eigenvalue weighted by Gasteiger charge is 2.39. The second kappa shape index (κ2) is 7.24. The minimum Gasteiger partial charge on any atom is -0.464 e. The molecule has 0 aliphatic rings. The molecule has 0 bridgehead atoms. The number of carbonyl (C=O) groups is 2. The van der Waals surface area contributed by atoms with Gasteiger partial charge in [0, 0.05) is 19.2 Å². The van der Waals surface area contributed by atoms with Crippen LogP contribution in [-0.4, -0.2) is 33.8 Å². The molecule has 0 aliphatic heterocycles. The van der Waals surface area contributed by atoms with Crippen molar-refractivity contribution in [1.29, 1.82) is 0 Å². The topological polar surface area (TPSA) is 73.2 Å². The molecular formula is C15H25N3O3. The van der Waals surface area contributed by atoms with Crippen LogP contribution >= 0.6 is 0 Å². The van der Waals surface area contributed by atoms with E-state index in [0.29, 0.717) is 13.2 Å². The molecule has 1 aromatic rings. The zero-order valence-electron chi connectivity index (χ0n) is 13.5. The zero-order valence-corrected chi connectivity index (χ0v) is 13.5. The Kier molecular flexibility index (Phi) is 5.93. The lowest BCUT2D eigenvalue weighted by molar-refractivity contribution is -0.154. The smallest absolute Gasteiger partial charge is 0.331 e. The lowest BCUT2D eigenvalue weighted by Crippen LogP contribution is -2.56. The third-order valence-corrected chi connectivity index (χ3v) is 3.58. The van der Waals surface area contributed by atoms with Crippen LogP contribution in [0, 0.1) is 12.8 Å². The molecule has 118 valence electrons. The average molecular weight is 295 g/mol. The summed E-state index contributed by atoms with van der Waals surface area (Å²) in [6.45, 7) is 9.94. The van der Waals surface area contributed by atoms with Gasteiger partial charge in [0.1, 0.15) is 5.54 Å². The Hall–Kier alpha value is -1.85. The van der Waals surface area contributed by atoms with Crippen molar-refractivity contribution in [2.45, 2.75) is 53.1 Å². The molecule has 1 atom stereocenters. The monoisotopic (exact) mass is 295 g/mol. The molecule has 0 aliphatic carbocycles. The van der Waals surface area contributed by atoms with Crippen LogP contribution in [0.4, 0.5) is 0 Å². The number of hydrogen-bond acceptors (Lipinski definition) is 4. The highest BCUT2D eigenvalue weighted by molar-refractivity contribution is 5.88. The summed E-state index contributed by atoms with van der Waals surface area (Å²) in [4.78, 5) is 24.2. The van der Waals surface area contributed by atoms with E-state index in [1.165, 1.54) is 0 Å². The van der Waals surface area contributed by atoms with Crippen LogP contribution in [0.1, 0.15) is 39.7 Å². The van der Waals surface area contributed by atoms with Crippen LogP contribution in [0.3, 0.4) is 0 Å². The molecule has 1 heterocycles. The van der Waals surface area contributed by atoms with Crippen LogP contribution in [0.25, 0.3) is 0 Å². The van der Waals surface area contributed by atoms with E-state index in [2.05, 4.69) is 10.4 Å². The van der Waals surface area contributed by atoms with E-state index in [1.54, 1.807) is 24.7 Å². The molecule has 0 aromatic carbocycles. The lowest BCUT2D eigenvalue weighted by Gasteiger charge is -2.32. The van der Waals surface area contributed by atoms with Crippen LogP contribution < -0.4 is 5.32 Å². The normalized spacial score (nSPS) is 13.8. The third-order valence-electron chi connectivity index (χ3n) is 3.58. The Bertz CT molecular complexity index is 496. The molecule has 6 heteroatoms. The largest absolute Gasteiger partial charge is 0.464 e. The number of carbonyl (C=O) groups excluding carboxylic acids is 2. The van der Waals surface area contributed by atoms with Crippen LogP contribution in [0.2, 0.25) is 0 Å². The summed E-state index contributed by atoms with van der Waals surface area (Å²) < 4.78 is 6.78. The molecule has 1 amide bonds. The standard InChI is InChI=1S/C15H25N3O3/c1-6-21-14(20)15(5,11(2)3)17-13(19)7-8-18-10-12(4)9-16-18/h9-11H,6-8H2,1-5H3,(H,17,19). The van der Waals surface area contributed by atoms with E-state index < -0.39 is 11.5 Å². The predicted molar refractivity (Wildman–Crippen MR) is 79.6 cm³/mol. The molecule has 21 heavy (non-hydrogen) atoms. The summed E-state index contributed by atoms with van der Waals surface area (Å²) in [7, 11) is 0. The van der Waals surface area contributed by atoms with E-state index in [-0.39, 0.29) is 18.2 Å². The maximum absolute atomic E-state index is 12.1. The van der Waals surface area contributed by atoms with E-state index in [4.69, 9.17) is 4.74 Å². The van der Waals surface area contributed by atoms with Gasteiger partial charge in [-0.2, -0.15) is 5.10 Å². The van der Waals surface area contributed by atoms with Crippen molar-refractivity contribution < 1.29 is 14.3 Å². The molecule has 0 saturated heterocycles. The molecule has 0 saturated carbocycles. The number of aromatic nitrogens is 2. The zero-order chi connectivity index (χ0) is 16.0. The lowest BCUT2D eigenvalue weighted by atomic mass is 9.88. The maximum Gasteiger partial charge on any atom is 0.331 e. The second-order valence-corrected chi connectivity index (χ2v) is 5.66. The SMILES string of the molecule is CCOC(=O)C(C)(NC(=O)CCn1cc(C)cn1)C(C)C. The van der Waals surface area contributed by atoms with Gasteiger partial charge in [-0.05, 0) is 32.3 Å². The first-order valence-corrected chi connectivity index (χ1v) is 7.27. The van der Waals surface area contributed by atoms with Crippen molar-refractivity contribution in [3.8, 4) is 0 Å². The minimum absolute atomic E-state index is 0.0625. The number of nitrogens with zero attached hydrogens (tertiary/aromatic N) is 2. The quantitative estimate of drug-likeness (QED) is 0.777. The van der Waals surface area contributed by atoms with Gasteiger partial charge in [0.25, 0.3) is 0 Å². The fourth-order valence-electron chi connectivity index (χ4n) is 1.87. The Morgan fingerprint density at radius 1 is 1.48 bits per heavy atom. The van der Waals surface area contributed by atoms with Crippen molar-refractivity contribution in [3.05, 3.63) is 18.0 Å². The van der Waals surface area contributed by atoms with Crippen LogP contribution in [0.15, 0.2) is 12.4 Å². The minimum atomic E-state index is -1.01. The number of hydrogen-bond donors (Lipinski definition) is 1. The van der Waals surface area contributed by atoms with Crippen molar-refractivity contribution in [2.75, 3.05) is 6.61 Å². The number of esters is 1. The van der Waals surface area contributed by atoms with Gasteiger partial charge in [-0.1, -0.05) is 13.8 Å². The summed E-state index contributed by atoms with van der Waals surface area (Å²) >= 11 is 0. The Balaban J connectivity index is 2.62. The predicted octanol–water partition coefficient (Wildman–Crippen LogP) is 1.68. The number of aryl methyl sites for hydroxylation is 2. The molecule has 0 spiro atoms. The molecular weight excluding hydrogens is 270 g/mol. The summed E-state index contributed by atoms with van der Waals surface area (Å²) in [5.74, 6) is -0.650. The Morgan fingerprint density at radius 2 is 2.14 bits per heavy atom. The van der Waals surface area contributed by atoms with Gasteiger partial charge in [-0.3, -0.25) is 9.48 Å². The van der Waals surface area contributed by atoms with Gasteiger partial charge in [0.15, 0.2) is 0 Å². The Labute approximate surface area is 125 Å². The first kappa shape index (κ1) is 17.2. The average Bonchev–Trinajstić information content (AvgIpc) is 2.82. The number of nitrogens with one attached hydrogen (secondary N) is 1. The number of rotatable bonds is 7. The fraction of sp³-hybridized carbons (Fsp3) is 0.667.